The molecule has 1 amide bonds. The summed E-state index contributed by atoms with van der Waals surface area (Å²) in [5.74, 6) is 4.67. The molecule has 0 saturated heterocycles. The molecule has 0 saturated carbocycles. The van der Waals surface area contributed by atoms with Gasteiger partial charge in [-0.3, -0.25) is 15.0 Å². The van der Waals surface area contributed by atoms with Gasteiger partial charge in [-0.15, -0.1) is 0 Å². The number of hydrogen-bond donors (Lipinski definition) is 4. The number of benzene rings is 3. The maximum absolute atomic E-state index is 10.8. The molecule has 5 N–H and O–H groups in total. The van der Waals surface area contributed by atoms with E-state index in [2.05, 4.69) is 0 Å². The first kappa shape index (κ1) is 17.0. The number of nitrogens with one attached hydrogen (secondary N) is 1. The Morgan fingerprint density at radius 2 is 1.62 bits per heavy atom. The number of aromatic hydroxyl groups is 2. The fourth-order valence-electron chi connectivity index (χ4n) is 2.10. The summed E-state index contributed by atoms with van der Waals surface area (Å²) in [5.41, 5.74) is 2.76. The molecule has 0 aromatic heterocycles. The minimum Gasteiger partial charge on any atom is -0.508 e. The molecule has 24 heavy (non-hydrogen) atoms. The average Bonchev–Trinajstić information content (AvgIpc) is 2.62. The van der Waals surface area contributed by atoms with Crippen molar-refractivity contribution in [2.75, 3.05) is 0 Å². The molecule has 0 radical (unpaired) electrons. The Bertz CT molecular complexity index is 861. The van der Waals surface area contributed by atoms with E-state index in [-0.39, 0.29) is 17.4 Å². The second-order valence-corrected chi connectivity index (χ2v) is 4.86. The second-order valence-electron chi connectivity index (χ2n) is 4.86. The van der Waals surface area contributed by atoms with Crippen molar-refractivity contribution in [1.29, 1.82) is 0 Å². The van der Waals surface area contributed by atoms with Crippen LogP contribution in [0.3, 0.4) is 0 Å². The Morgan fingerprint density at radius 1 is 0.958 bits per heavy atom. The molecule has 0 fully saturated rings. The third-order valence-corrected chi connectivity index (χ3v) is 3.33. The summed E-state index contributed by atoms with van der Waals surface area (Å²) in [7, 11) is 0. The van der Waals surface area contributed by atoms with Crippen LogP contribution in [0.25, 0.3) is 10.8 Å². The number of phenolic OH excluding ortho intramolecular Hbond substituents is 2. The molecule has 6 heteroatoms. The highest BCUT2D eigenvalue weighted by Crippen LogP contribution is 2.24. The number of carbonyl (C=O) groups is 2. The van der Waals surface area contributed by atoms with Crippen LogP contribution in [0.5, 0.6) is 11.5 Å². The molecule has 3 rings (SSSR count). The zero-order chi connectivity index (χ0) is 17.5. The van der Waals surface area contributed by atoms with E-state index in [1.807, 2.05) is 29.7 Å². The van der Waals surface area contributed by atoms with E-state index < -0.39 is 0 Å². The summed E-state index contributed by atoms with van der Waals surface area (Å²) in [6.45, 7) is 0. The molecule has 3 aromatic rings. The number of fused-ring (bicyclic) bond motifs is 1. The summed E-state index contributed by atoms with van der Waals surface area (Å²) in [6, 6.07) is 16.6. The highest BCUT2D eigenvalue weighted by atomic mass is 16.3. The molecule has 0 unspecified atom stereocenters. The zero-order valence-electron chi connectivity index (χ0n) is 12.6. The number of hydrogen-bond acceptors (Lipinski definition) is 5. The lowest BCUT2D eigenvalue weighted by molar-refractivity contribution is 0.0953. The van der Waals surface area contributed by atoms with E-state index in [0.29, 0.717) is 17.4 Å². The van der Waals surface area contributed by atoms with Crippen LogP contribution in [0, 0.1) is 0 Å². The van der Waals surface area contributed by atoms with E-state index in [0.717, 1.165) is 10.8 Å². The fraction of sp³-hybridized carbons (Fsp3) is 0. The van der Waals surface area contributed by atoms with Gasteiger partial charge in [0, 0.05) is 5.56 Å². The van der Waals surface area contributed by atoms with Gasteiger partial charge in [-0.05, 0) is 41.1 Å². The molecule has 0 atom stereocenters. The van der Waals surface area contributed by atoms with Gasteiger partial charge in [-0.1, -0.05) is 30.3 Å². The molecule has 0 spiro atoms. The minimum absolute atomic E-state index is 0.0358. The van der Waals surface area contributed by atoms with E-state index in [1.165, 1.54) is 30.3 Å². The number of rotatable bonds is 2. The second kappa shape index (κ2) is 7.75. The molecular weight excluding hydrogens is 308 g/mol. The summed E-state index contributed by atoms with van der Waals surface area (Å²) >= 11 is 0. The number of phenols is 2. The van der Waals surface area contributed by atoms with Gasteiger partial charge < -0.3 is 10.2 Å². The van der Waals surface area contributed by atoms with Crippen LogP contribution < -0.4 is 11.3 Å². The van der Waals surface area contributed by atoms with Crippen molar-refractivity contribution in [3.63, 3.8) is 0 Å². The number of amides is 1. The van der Waals surface area contributed by atoms with Crippen molar-refractivity contribution < 1.29 is 19.8 Å². The van der Waals surface area contributed by atoms with Gasteiger partial charge in [0.25, 0.3) is 5.91 Å². The smallest absolute Gasteiger partial charge is 0.265 e. The van der Waals surface area contributed by atoms with Crippen LogP contribution in [-0.2, 0) is 0 Å². The van der Waals surface area contributed by atoms with Crippen molar-refractivity contribution in [3.05, 3.63) is 71.8 Å². The minimum atomic E-state index is -0.370. The third kappa shape index (κ3) is 3.88. The van der Waals surface area contributed by atoms with E-state index in [1.54, 1.807) is 6.07 Å². The van der Waals surface area contributed by atoms with Crippen LogP contribution in [0.2, 0.25) is 0 Å². The first-order chi connectivity index (χ1) is 11.6. The predicted molar refractivity (Wildman–Crippen MR) is 90.8 cm³/mol. The highest BCUT2D eigenvalue weighted by molar-refractivity contribution is 6.00. The normalized spacial score (nSPS) is 9.71. The topological polar surface area (TPSA) is 113 Å². The highest BCUT2D eigenvalue weighted by Gasteiger charge is 2.04. The quantitative estimate of drug-likeness (QED) is 0.250. The first-order valence-corrected chi connectivity index (χ1v) is 7.02. The number of hydrazine groups is 1. The maximum atomic E-state index is 10.8. The van der Waals surface area contributed by atoms with Crippen molar-refractivity contribution >= 4 is 23.0 Å². The number of aldehydes is 1. The van der Waals surface area contributed by atoms with Crippen LogP contribution in [-0.4, -0.2) is 22.4 Å². The van der Waals surface area contributed by atoms with Gasteiger partial charge in [0.1, 0.15) is 11.5 Å². The van der Waals surface area contributed by atoms with Crippen LogP contribution in [0.1, 0.15) is 20.7 Å². The van der Waals surface area contributed by atoms with Crippen molar-refractivity contribution in [2.24, 2.45) is 5.84 Å². The van der Waals surface area contributed by atoms with Crippen LogP contribution in [0.15, 0.2) is 60.7 Å². The Hall–Kier alpha value is -3.38. The first-order valence-electron chi connectivity index (χ1n) is 7.02. The molecule has 122 valence electrons. The molecule has 0 aliphatic rings. The molecule has 0 aliphatic carbocycles. The van der Waals surface area contributed by atoms with Crippen molar-refractivity contribution in [2.45, 2.75) is 0 Å². The van der Waals surface area contributed by atoms with Gasteiger partial charge in [0.2, 0.25) is 0 Å². The summed E-state index contributed by atoms with van der Waals surface area (Å²) < 4.78 is 0. The van der Waals surface area contributed by atoms with Gasteiger partial charge in [0.15, 0.2) is 6.29 Å². The Morgan fingerprint density at radius 3 is 2.25 bits per heavy atom. The monoisotopic (exact) mass is 324 g/mol. The number of nitrogens with two attached hydrogens (primary N) is 1. The van der Waals surface area contributed by atoms with E-state index in [4.69, 9.17) is 10.9 Å². The summed E-state index contributed by atoms with van der Waals surface area (Å²) in [6.07, 6.45) is 0.678. The molecule has 6 nitrogen and oxygen atoms in total. The number of carbonyl (C=O) groups excluding carboxylic acids is 2. The van der Waals surface area contributed by atoms with Crippen LogP contribution >= 0.6 is 0 Å². The Labute approximate surface area is 138 Å². The standard InChI is InChI=1S/C11H8O2.C7H8N2O2/c12-7-10-9-4-2-1-3-8(9)5-6-11(10)13;8-9-7(11)5-1-3-6(10)4-2-5/h1-7,13H;1-4,10H,8H2,(H,9,11). The zero-order valence-corrected chi connectivity index (χ0v) is 12.6. The number of nitrogen functional groups attached to an aromatic ring is 1. The molecular formula is C18H16N2O4. The molecule has 0 bridgehead atoms. The summed E-state index contributed by atoms with van der Waals surface area (Å²) in [4.78, 5) is 21.5. The lowest BCUT2D eigenvalue weighted by atomic mass is 10.0. The largest absolute Gasteiger partial charge is 0.508 e. The molecule has 3 aromatic carbocycles. The summed E-state index contributed by atoms with van der Waals surface area (Å²) in [5, 5.41) is 20.0. The van der Waals surface area contributed by atoms with E-state index in [9.17, 15) is 14.7 Å². The third-order valence-electron chi connectivity index (χ3n) is 3.33. The Kier molecular flexibility index (Phi) is 5.49. The van der Waals surface area contributed by atoms with Crippen LogP contribution in [0.4, 0.5) is 0 Å². The van der Waals surface area contributed by atoms with E-state index >= 15 is 0 Å². The lowest BCUT2D eigenvalue weighted by Gasteiger charge is -2.01. The van der Waals surface area contributed by atoms with Crippen molar-refractivity contribution in [1.82, 2.24) is 5.43 Å². The molecule has 0 aliphatic heterocycles. The Balaban J connectivity index is 0.000000177. The van der Waals surface area contributed by atoms with Gasteiger partial charge >= 0.3 is 0 Å². The predicted octanol–water partition coefficient (Wildman–Crippen LogP) is 2.35. The van der Waals surface area contributed by atoms with Crippen molar-refractivity contribution in [3.8, 4) is 11.5 Å². The fourth-order valence-corrected chi connectivity index (χ4v) is 2.10. The van der Waals surface area contributed by atoms with Gasteiger partial charge in [-0.2, -0.15) is 0 Å². The average molecular weight is 324 g/mol. The lowest BCUT2D eigenvalue weighted by Crippen LogP contribution is -2.29. The SMILES string of the molecule is NNC(=O)c1ccc(O)cc1.O=Cc1c(O)ccc2ccccc12. The molecule has 0 heterocycles. The van der Waals surface area contributed by atoms with Gasteiger partial charge in [0.05, 0.1) is 5.56 Å². The van der Waals surface area contributed by atoms with Gasteiger partial charge in [-0.25, -0.2) is 5.84 Å². The maximum Gasteiger partial charge on any atom is 0.265 e.